The van der Waals surface area contributed by atoms with Crippen molar-refractivity contribution in [1.82, 2.24) is 14.7 Å². The number of carbonyl (C=O) groups excluding carboxylic acids is 1. The molecule has 2 heterocycles. The summed E-state index contributed by atoms with van der Waals surface area (Å²) in [5.41, 5.74) is 2.78. The summed E-state index contributed by atoms with van der Waals surface area (Å²) in [4.78, 5) is 14.9. The van der Waals surface area contributed by atoms with Gasteiger partial charge in [0.25, 0.3) is 5.91 Å². The Bertz CT molecular complexity index is 712. The van der Waals surface area contributed by atoms with Gasteiger partial charge in [0.15, 0.2) is 0 Å². The van der Waals surface area contributed by atoms with Crippen molar-refractivity contribution in [2.45, 2.75) is 38.6 Å². The minimum absolute atomic E-state index is 0.0909. The van der Waals surface area contributed by atoms with Crippen LogP contribution in [0.2, 0.25) is 0 Å². The van der Waals surface area contributed by atoms with Crippen molar-refractivity contribution >= 4 is 11.6 Å². The first-order valence-corrected chi connectivity index (χ1v) is 9.41. The average molecular weight is 338 g/mol. The summed E-state index contributed by atoms with van der Waals surface area (Å²) in [6.07, 6.45) is 9.81. The molecule has 1 aromatic carbocycles. The van der Waals surface area contributed by atoms with Crippen LogP contribution in [0.1, 0.15) is 41.6 Å². The molecule has 0 unspecified atom stereocenters. The third kappa shape index (κ3) is 4.48. The summed E-state index contributed by atoms with van der Waals surface area (Å²) in [6.45, 7) is 4.54. The zero-order chi connectivity index (χ0) is 17.1. The highest BCUT2D eigenvalue weighted by atomic mass is 16.1. The standard InChI is InChI=1S/C20H26N4O/c25-20(18-13-21-24(15-18)14-17-3-4-17)22-19-7-5-16(6-8-19)9-12-23-10-1-2-11-23/h5-8,13,15,17H,1-4,9-12,14H2,(H,22,25). The number of nitrogens with zero attached hydrogens (tertiary/aromatic N) is 3. The number of hydrogen-bond acceptors (Lipinski definition) is 3. The van der Waals surface area contributed by atoms with Crippen molar-refractivity contribution in [3.05, 3.63) is 47.8 Å². The molecule has 1 N–H and O–H groups in total. The Morgan fingerprint density at radius 1 is 1.16 bits per heavy atom. The average Bonchev–Trinajstić information content (AvgIpc) is 3.10. The Morgan fingerprint density at radius 3 is 2.64 bits per heavy atom. The van der Waals surface area contributed by atoms with Gasteiger partial charge in [-0.1, -0.05) is 12.1 Å². The molecule has 2 fully saturated rings. The molecule has 1 aliphatic carbocycles. The van der Waals surface area contributed by atoms with E-state index >= 15 is 0 Å². The van der Waals surface area contributed by atoms with Crippen molar-refractivity contribution in [1.29, 1.82) is 0 Å². The lowest BCUT2D eigenvalue weighted by molar-refractivity contribution is 0.102. The first-order chi connectivity index (χ1) is 12.3. The summed E-state index contributed by atoms with van der Waals surface area (Å²) in [7, 11) is 0. The van der Waals surface area contributed by atoms with E-state index in [0.717, 1.165) is 31.1 Å². The fraction of sp³-hybridized carbons (Fsp3) is 0.500. The maximum atomic E-state index is 12.3. The highest BCUT2D eigenvalue weighted by Gasteiger charge is 2.22. The Kier molecular flexibility index (Phi) is 4.83. The van der Waals surface area contributed by atoms with E-state index in [2.05, 4.69) is 27.4 Å². The molecule has 1 aromatic heterocycles. The first kappa shape index (κ1) is 16.3. The van der Waals surface area contributed by atoms with Gasteiger partial charge >= 0.3 is 0 Å². The van der Waals surface area contributed by atoms with Crippen LogP contribution >= 0.6 is 0 Å². The molecule has 1 aliphatic heterocycles. The molecule has 1 saturated carbocycles. The maximum absolute atomic E-state index is 12.3. The number of hydrogen-bond donors (Lipinski definition) is 1. The van der Waals surface area contributed by atoms with Gasteiger partial charge in [-0.3, -0.25) is 9.48 Å². The van der Waals surface area contributed by atoms with Gasteiger partial charge in [0.1, 0.15) is 0 Å². The highest BCUT2D eigenvalue weighted by molar-refractivity contribution is 6.03. The quantitative estimate of drug-likeness (QED) is 0.843. The molecule has 2 aromatic rings. The summed E-state index contributed by atoms with van der Waals surface area (Å²) in [5, 5.41) is 7.25. The lowest BCUT2D eigenvalue weighted by atomic mass is 10.1. The predicted octanol–water partition coefficient (Wildman–Crippen LogP) is 3.18. The van der Waals surface area contributed by atoms with Gasteiger partial charge in [0.05, 0.1) is 11.8 Å². The van der Waals surface area contributed by atoms with Gasteiger partial charge in [-0.25, -0.2) is 0 Å². The predicted molar refractivity (Wildman–Crippen MR) is 98.7 cm³/mol. The molecule has 132 valence electrons. The fourth-order valence-electron chi connectivity index (χ4n) is 3.40. The second-order valence-corrected chi connectivity index (χ2v) is 7.34. The number of rotatable bonds is 7. The van der Waals surface area contributed by atoms with Crippen molar-refractivity contribution in [2.24, 2.45) is 5.92 Å². The lowest BCUT2D eigenvalue weighted by Gasteiger charge is -2.14. The maximum Gasteiger partial charge on any atom is 0.258 e. The fourth-order valence-corrected chi connectivity index (χ4v) is 3.40. The van der Waals surface area contributed by atoms with E-state index in [1.165, 1.54) is 44.3 Å². The van der Waals surface area contributed by atoms with Gasteiger partial charge in [-0.2, -0.15) is 5.10 Å². The van der Waals surface area contributed by atoms with Gasteiger partial charge in [-0.15, -0.1) is 0 Å². The minimum atomic E-state index is -0.0909. The van der Waals surface area contributed by atoms with Crippen LogP contribution in [-0.4, -0.2) is 40.2 Å². The van der Waals surface area contributed by atoms with E-state index in [0.29, 0.717) is 5.56 Å². The minimum Gasteiger partial charge on any atom is -0.322 e. The summed E-state index contributed by atoms with van der Waals surface area (Å²) in [6, 6.07) is 8.21. The van der Waals surface area contributed by atoms with E-state index in [4.69, 9.17) is 0 Å². The topological polar surface area (TPSA) is 50.2 Å². The number of amides is 1. The second kappa shape index (κ2) is 7.40. The smallest absolute Gasteiger partial charge is 0.258 e. The van der Waals surface area contributed by atoms with Crippen LogP contribution in [0.4, 0.5) is 5.69 Å². The van der Waals surface area contributed by atoms with E-state index in [9.17, 15) is 4.79 Å². The molecule has 0 spiro atoms. The Balaban J connectivity index is 1.29. The molecule has 0 atom stereocenters. The molecular formula is C20H26N4O. The van der Waals surface area contributed by atoms with E-state index < -0.39 is 0 Å². The van der Waals surface area contributed by atoms with Gasteiger partial charge in [-0.05, 0) is 68.8 Å². The number of aromatic nitrogens is 2. The molecule has 0 bridgehead atoms. The van der Waals surface area contributed by atoms with Crippen LogP contribution in [0.15, 0.2) is 36.7 Å². The number of benzene rings is 1. The van der Waals surface area contributed by atoms with Crippen LogP contribution in [-0.2, 0) is 13.0 Å². The van der Waals surface area contributed by atoms with E-state index in [1.54, 1.807) is 6.20 Å². The Morgan fingerprint density at radius 2 is 1.92 bits per heavy atom. The Labute approximate surface area is 149 Å². The van der Waals surface area contributed by atoms with Gasteiger partial charge in [0, 0.05) is 25.0 Å². The molecular weight excluding hydrogens is 312 g/mol. The molecule has 5 nitrogen and oxygen atoms in total. The van der Waals surface area contributed by atoms with Crippen LogP contribution in [0.5, 0.6) is 0 Å². The second-order valence-electron chi connectivity index (χ2n) is 7.34. The zero-order valence-corrected chi connectivity index (χ0v) is 14.7. The van der Waals surface area contributed by atoms with Gasteiger partial charge in [0.2, 0.25) is 0 Å². The molecule has 1 amide bonds. The summed E-state index contributed by atoms with van der Waals surface area (Å²) >= 11 is 0. The van der Waals surface area contributed by atoms with Crippen molar-refractivity contribution < 1.29 is 4.79 Å². The SMILES string of the molecule is O=C(Nc1ccc(CCN2CCCC2)cc1)c1cnn(CC2CC2)c1. The van der Waals surface area contributed by atoms with Crippen LogP contribution < -0.4 is 5.32 Å². The molecule has 4 rings (SSSR count). The third-order valence-electron chi connectivity index (χ3n) is 5.16. The van der Waals surface area contributed by atoms with Gasteiger partial charge < -0.3 is 10.2 Å². The van der Waals surface area contributed by atoms with Crippen LogP contribution in [0.3, 0.4) is 0 Å². The van der Waals surface area contributed by atoms with E-state index in [-0.39, 0.29) is 5.91 Å². The summed E-state index contributed by atoms with van der Waals surface area (Å²) < 4.78 is 1.88. The largest absolute Gasteiger partial charge is 0.322 e. The monoisotopic (exact) mass is 338 g/mol. The molecule has 25 heavy (non-hydrogen) atoms. The first-order valence-electron chi connectivity index (χ1n) is 9.41. The highest BCUT2D eigenvalue weighted by Crippen LogP contribution is 2.30. The van der Waals surface area contributed by atoms with E-state index in [1.807, 2.05) is 23.0 Å². The molecule has 2 aliphatic rings. The molecule has 0 radical (unpaired) electrons. The van der Waals surface area contributed by atoms with Crippen LogP contribution in [0, 0.1) is 5.92 Å². The summed E-state index contributed by atoms with van der Waals surface area (Å²) in [5.74, 6) is 0.663. The lowest BCUT2D eigenvalue weighted by Crippen LogP contribution is -2.21. The van der Waals surface area contributed by atoms with Crippen molar-refractivity contribution in [2.75, 3.05) is 25.0 Å². The number of likely N-dealkylation sites (tertiary alicyclic amines) is 1. The Hall–Kier alpha value is -2.14. The van der Waals surface area contributed by atoms with Crippen molar-refractivity contribution in [3.8, 4) is 0 Å². The van der Waals surface area contributed by atoms with Crippen LogP contribution in [0.25, 0.3) is 0 Å². The zero-order valence-electron chi connectivity index (χ0n) is 14.7. The van der Waals surface area contributed by atoms with Crippen molar-refractivity contribution in [3.63, 3.8) is 0 Å². The number of anilines is 1. The number of carbonyl (C=O) groups is 1. The molecule has 5 heteroatoms. The number of nitrogens with one attached hydrogen (secondary N) is 1. The third-order valence-corrected chi connectivity index (χ3v) is 5.16. The molecule has 1 saturated heterocycles. The normalized spacial score (nSPS) is 17.8.